The molecule has 4 heteroatoms. The first kappa shape index (κ1) is 15.4. The number of hydrogen-bond donors (Lipinski definition) is 1. The molecule has 0 radical (unpaired) electrons. The monoisotopic (exact) mass is 277 g/mol. The van der Waals surface area contributed by atoms with Gasteiger partial charge in [-0.2, -0.15) is 0 Å². The number of aliphatic hydroxyl groups excluding tert-OH is 1. The molecule has 1 saturated carbocycles. The summed E-state index contributed by atoms with van der Waals surface area (Å²) in [4.78, 5) is 11.2. The molecule has 0 amide bonds. The lowest BCUT2D eigenvalue weighted by molar-refractivity contribution is 0.0859. The van der Waals surface area contributed by atoms with Gasteiger partial charge in [-0.05, 0) is 26.0 Å². The number of hydrogen-bond acceptors (Lipinski definition) is 4. The van der Waals surface area contributed by atoms with Gasteiger partial charge < -0.3 is 5.11 Å². The zero-order valence-corrected chi connectivity index (χ0v) is 13.0. The maximum Gasteiger partial charge on any atom is 0.131 e. The predicted octanol–water partition coefficient (Wildman–Crippen LogP) is 2.58. The quantitative estimate of drug-likeness (QED) is 0.868. The summed E-state index contributed by atoms with van der Waals surface area (Å²) in [5.74, 6) is 1.27. The van der Waals surface area contributed by atoms with E-state index in [0.717, 1.165) is 37.4 Å². The van der Waals surface area contributed by atoms with Gasteiger partial charge in [-0.1, -0.05) is 26.7 Å². The van der Waals surface area contributed by atoms with Gasteiger partial charge in [0.1, 0.15) is 5.82 Å². The molecule has 1 heterocycles. The average Bonchev–Trinajstić information content (AvgIpc) is 2.88. The van der Waals surface area contributed by atoms with E-state index in [1.165, 1.54) is 12.8 Å². The Bertz CT molecular complexity index is 427. The third kappa shape index (κ3) is 3.76. The fourth-order valence-corrected chi connectivity index (χ4v) is 3.18. The standard InChI is InChI=1S/C16H27N3O/c1-13(2)15-17-9-6-14(18-15)10-19(3)11-16(12-20)7-4-5-8-16/h6,9,13,20H,4-5,7-8,10-12H2,1-3H3. The molecule has 0 saturated heterocycles. The summed E-state index contributed by atoms with van der Waals surface area (Å²) in [7, 11) is 2.12. The van der Waals surface area contributed by atoms with Crippen molar-refractivity contribution in [3.63, 3.8) is 0 Å². The first-order valence-electron chi connectivity index (χ1n) is 7.66. The Morgan fingerprint density at radius 3 is 2.65 bits per heavy atom. The molecule has 0 aromatic carbocycles. The molecule has 1 N–H and O–H groups in total. The van der Waals surface area contributed by atoms with Crippen molar-refractivity contribution in [3.8, 4) is 0 Å². The highest BCUT2D eigenvalue weighted by molar-refractivity contribution is 5.04. The van der Waals surface area contributed by atoms with Crippen molar-refractivity contribution in [1.29, 1.82) is 0 Å². The lowest BCUT2D eigenvalue weighted by Gasteiger charge is -2.31. The molecule has 0 atom stereocenters. The molecular weight excluding hydrogens is 250 g/mol. The smallest absolute Gasteiger partial charge is 0.131 e. The van der Waals surface area contributed by atoms with Crippen LogP contribution in [0, 0.1) is 5.41 Å². The predicted molar refractivity (Wildman–Crippen MR) is 80.4 cm³/mol. The fraction of sp³-hybridized carbons (Fsp3) is 0.750. The second-order valence-corrected chi connectivity index (χ2v) is 6.60. The second-order valence-electron chi connectivity index (χ2n) is 6.60. The lowest BCUT2D eigenvalue weighted by atomic mass is 9.86. The van der Waals surface area contributed by atoms with Crippen molar-refractivity contribution < 1.29 is 5.11 Å². The normalized spacial score (nSPS) is 18.1. The van der Waals surface area contributed by atoms with E-state index in [2.05, 4.69) is 35.8 Å². The summed E-state index contributed by atoms with van der Waals surface area (Å²) < 4.78 is 0. The van der Waals surface area contributed by atoms with E-state index < -0.39 is 0 Å². The highest BCUT2D eigenvalue weighted by Crippen LogP contribution is 2.38. The number of aromatic nitrogens is 2. The SMILES string of the molecule is CC(C)c1nccc(CN(C)CC2(CO)CCCC2)n1. The van der Waals surface area contributed by atoms with Crippen molar-refractivity contribution in [1.82, 2.24) is 14.9 Å². The zero-order chi connectivity index (χ0) is 14.6. The summed E-state index contributed by atoms with van der Waals surface area (Å²) in [5.41, 5.74) is 1.18. The van der Waals surface area contributed by atoms with E-state index in [1.807, 2.05) is 12.3 Å². The Balaban J connectivity index is 1.97. The van der Waals surface area contributed by atoms with Crippen LogP contribution in [0.1, 0.15) is 57.0 Å². The summed E-state index contributed by atoms with van der Waals surface area (Å²) in [5, 5.41) is 9.70. The molecule has 0 aliphatic heterocycles. The van der Waals surface area contributed by atoms with Crippen molar-refractivity contribution in [2.75, 3.05) is 20.2 Å². The van der Waals surface area contributed by atoms with Gasteiger partial charge in [0.15, 0.2) is 0 Å². The maximum atomic E-state index is 9.70. The van der Waals surface area contributed by atoms with Crippen molar-refractivity contribution in [2.24, 2.45) is 5.41 Å². The molecule has 2 rings (SSSR count). The molecule has 1 fully saturated rings. The first-order chi connectivity index (χ1) is 9.54. The van der Waals surface area contributed by atoms with E-state index in [9.17, 15) is 5.11 Å². The van der Waals surface area contributed by atoms with E-state index in [1.54, 1.807) is 0 Å². The van der Waals surface area contributed by atoms with Gasteiger partial charge in [-0.25, -0.2) is 9.97 Å². The summed E-state index contributed by atoms with van der Waals surface area (Å²) in [6.07, 6.45) is 6.64. The molecular formula is C16H27N3O. The number of aliphatic hydroxyl groups is 1. The molecule has 0 unspecified atom stereocenters. The molecule has 1 aliphatic carbocycles. The average molecular weight is 277 g/mol. The largest absolute Gasteiger partial charge is 0.396 e. The van der Waals surface area contributed by atoms with Crippen LogP contribution in [0.25, 0.3) is 0 Å². The van der Waals surface area contributed by atoms with Gasteiger partial charge >= 0.3 is 0 Å². The minimum absolute atomic E-state index is 0.114. The van der Waals surface area contributed by atoms with Crippen LogP contribution in [0.5, 0.6) is 0 Å². The van der Waals surface area contributed by atoms with Crippen LogP contribution < -0.4 is 0 Å². The van der Waals surface area contributed by atoms with Gasteiger partial charge in [-0.15, -0.1) is 0 Å². The number of rotatable bonds is 6. The van der Waals surface area contributed by atoms with Crippen molar-refractivity contribution in [3.05, 3.63) is 23.8 Å². The van der Waals surface area contributed by atoms with Crippen LogP contribution in [-0.4, -0.2) is 40.2 Å². The summed E-state index contributed by atoms with van der Waals surface area (Å²) >= 11 is 0. The molecule has 4 nitrogen and oxygen atoms in total. The third-order valence-corrected chi connectivity index (χ3v) is 4.29. The van der Waals surface area contributed by atoms with Crippen molar-refractivity contribution >= 4 is 0 Å². The Morgan fingerprint density at radius 1 is 1.35 bits per heavy atom. The minimum Gasteiger partial charge on any atom is -0.396 e. The Labute approximate surface area is 122 Å². The van der Waals surface area contributed by atoms with Gasteiger partial charge in [0, 0.05) is 37.2 Å². The van der Waals surface area contributed by atoms with Gasteiger partial charge in [0.05, 0.1) is 5.69 Å². The molecule has 1 aromatic heterocycles. The van der Waals surface area contributed by atoms with Gasteiger partial charge in [-0.3, -0.25) is 4.90 Å². The molecule has 112 valence electrons. The van der Waals surface area contributed by atoms with E-state index in [0.29, 0.717) is 12.5 Å². The van der Waals surface area contributed by atoms with E-state index in [-0.39, 0.29) is 5.41 Å². The first-order valence-corrected chi connectivity index (χ1v) is 7.66. The molecule has 1 aromatic rings. The number of nitrogens with zero attached hydrogens (tertiary/aromatic N) is 3. The second kappa shape index (κ2) is 6.64. The van der Waals surface area contributed by atoms with E-state index in [4.69, 9.17) is 0 Å². The lowest BCUT2D eigenvalue weighted by Crippen LogP contribution is -2.36. The minimum atomic E-state index is 0.114. The van der Waals surface area contributed by atoms with Gasteiger partial charge in [0.2, 0.25) is 0 Å². The molecule has 20 heavy (non-hydrogen) atoms. The molecule has 0 spiro atoms. The Kier molecular flexibility index (Phi) is 5.11. The van der Waals surface area contributed by atoms with Crippen LogP contribution in [0.15, 0.2) is 12.3 Å². The Hall–Kier alpha value is -1.00. The molecule has 1 aliphatic rings. The fourth-order valence-electron chi connectivity index (χ4n) is 3.18. The molecule has 0 bridgehead atoms. The zero-order valence-electron chi connectivity index (χ0n) is 13.0. The van der Waals surface area contributed by atoms with Crippen LogP contribution in [0.4, 0.5) is 0 Å². The van der Waals surface area contributed by atoms with Crippen LogP contribution in [0.2, 0.25) is 0 Å². The highest BCUT2D eigenvalue weighted by Gasteiger charge is 2.34. The van der Waals surface area contributed by atoms with E-state index >= 15 is 0 Å². The van der Waals surface area contributed by atoms with Crippen molar-refractivity contribution in [2.45, 2.75) is 52.0 Å². The summed E-state index contributed by atoms with van der Waals surface area (Å²) in [6.45, 7) is 6.30. The summed E-state index contributed by atoms with van der Waals surface area (Å²) in [6, 6.07) is 1.99. The van der Waals surface area contributed by atoms with Crippen LogP contribution in [-0.2, 0) is 6.54 Å². The topological polar surface area (TPSA) is 49.2 Å². The highest BCUT2D eigenvalue weighted by atomic mass is 16.3. The maximum absolute atomic E-state index is 9.70. The van der Waals surface area contributed by atoms with Crippen LogP contribution in [0.3, 0.4) is 0 Å². The van der Waals surface area contributed by atoms with Crippen LogP contribution >= 0.6 is 0 Å². The Morgan fingerprint density at radius 2 is 2.05 bits per heavy atom. The third-order valence-electron chi connectivity index (χ3n) is 4.29. The van der Waals surface area contributed by atoms with Gasteiger partial charge in [0.25, 0.3) is 0 Å².